The van der Waals surface area contributed by atoms with E-state index in [9.17, 15) is 0 Å². The van der Waals surface area contributed by atoms with Crippen LogP contribution in [0.15, 0.2) is 72.0 Å². The van der Waals surface area contributed by atoms with E-state index in [1.807, 2.05) is 36.1 Å². The molecule has 0 aliphatic rings. The molecule has 3 rings (SSSR count). The third kappa shape index (κ3) is 4.88. The average molecular weight is 363 g/mol. The fourth-order valence-corrected chi connectivity index (χ4v) is 2.83. The largest absolute Gasteiger partial charge is 0.497 e. The van der Waals surface area contributed by atoms with Crippen molar-refractivity contribution >= 4 is 5.96 Å². The van der Waals surface area contributed by atoms with E-state index in [-0.39, 0.29) is 0 Å². The third-order valence-electron chi connectivity index (χ3n) is 4.31. The molecule has 0 unspecified atom stereocenters. The van der Waals surface area contributed by atoms with Crippen molar-refractivity contribution in [3.8, 4) is 11.4 Å². The number of aliphatic imine (C=N–C) groups is 1. The Morgan fingerprint density at radius 1 is 1.11 bits per heavy atom. The number of hydrogen-bond donors (Lipinski definition) is 1. The molecule has 0 saturated heterocycles. The maximum atomic E-state index is 5.21. The van der Waals surface area contributed by atoms with Crippen molar-refractivity contribution < 1.29 is 4.74 Å². The van der Waals surface area contributed by atoms with Crippen LogP contribution >= 0.6 is 0 Å². The normalized spacial score (nSPS) is 11.3. The highest BCUT2D eigenvalue weighted by Crippen LogP contribution is 2.13. The maximum Gasteiger partial charge on any atom is 0.193 e. The van der Waals surface area contributed by atoms with Gasteiger partial charge in [-0.1, -0.05) is 24.3 Å². The lowest BCUT2D eigenvalue weighted by Gasteiger charge is -2.22. The molecular weight excluding hydrogens is 338 g/mol. The van der Waals surface area contributed by atoms with Gasteiger partial charge in [-0.05, 0) is 41.5 Å². The number of benzene rings is 2. The minimum atomic E-state index is 0.707. The number of nitrogens with zero attached hydrogens (tertiary/aromatic N) is 4. The number of nitrogens with one attached hydrogen (secondary N) is 1. The van der Waals surface area contributed by atoms with Gasteiger partial charge in [0.2, 0.25) is 0 Å². The summed E-state index contributed by atoms with van der Waals surface area (Å²) in [6, 6.07) is 18.3. The van der Waals surface area contributed by atoms with E-state index >= 15 is 0 Å². The van der Waals surface area contributed by atoms with Crippen LogP contribution < -0.4 is 10.1 Å². The number of ether oxygens (including phenoxy) is 1. The van der Waals surface area contributed by atoms with E-state index in [1.54, 1.807) is 20.4 Å². The van der Waals surface area contributed by atoms with Crippen LogP contribution in [0.2, 0.25) is 0 Å². The van der Waals surface area contributed by atoms with Crippen LogP contribution in [0.1, 0.15) is 11.1 Å². The van der Waals surface area contributed by atoms with E-state index in [1.165, 1.54) is 11.1 Å². The molecule has 6 nitrogen and oxygen atoms in total. The third-order valence-corrected chi connectivity index (χ3v) is 4.31. The van der Waals surface area contributed by atoms with E-state index < -0.39 is 0 Å². The van der Waals surface area contributed by atoms with Crippen molar-refractivity contribution in [2.75, 3.05) is 21.2 Å². The van der Waals surface area contributed by atoms with Gasteiger partial charge in [0.25, 0.3) is 0 Å². The molecule has 1 heterocycles. The van der Waals surface area contributed by atoms with Gasteiger partial charge >= 0.3 is 0 Å². The molecule has 0 bridgehead atoms. The molecule has 0 atom stereocenters. The molecule has 6 heteroatoms. The lowest BCUT2D eigenvalue weighted by Crippen LogP contribution is -2.38. The average Bonchev–Trinajstić information content (AvgIpc) is 3.24. The zero-order chi connectivity index (χ0) is 19.1. The molecule has 0 aliphatic heterocycles. The lowest BCUT2D eigenvalue weighted by molar-refractivity contribution is 0.414. The minimum Gasteiger partial charge on any atom is -0.497 e. The van der Waals surface area contributed by atoms with Crippen LogP contribution in [0, 0.1) is 0 Å². The van der Waals surface area contributed by atoms with Crippen LogP contribution in [0.3, 0.4) is 0 Å². The van der Waals surface area contributed by atoms with Crippen LogP contribution in [0.5, 0.6) is 5.75 Å². The second kappa shape index (κ2) is 8.89. The standard InChI is InChI=1S/C21H25N5O/c1-22-21(25(2)16-18-7-11-20(27-3)12-8-18)23-15-17-5-9-19(10-6-17)26-14-4-13-24-26/h4-14H,15-16H2,1-3H3,(H,22,23). The van der Waals surface area contributed by atoms with Crippen molar-refractivity contribution in [3.63, 3.8) is 0 Å². The zero-order valence-electron chi connectivity index (χ0n) is 16.0. The summed E-state index contributed by atoms with van der Waals surface area (Å²) in [6.07, 6.45) is 3.71. The molecule has 1 N–H and O–H groups in total. The predicted octanol–water partition coefficient (Wildman–Crippen LogP) is 3.09. The summed E-state index contributed by atoms with van der Waals surface area (Å²) in [7, 11) is 5.50. The van der Waals surface area contributed by atoms with Crippen molar-refractivity contribution in [1.82, 2.24) is 20.0 Å². The van der Waals surface area contributed by atoms with Gasteiger partial charge in [-0.3, -0.25) is 4.99 Å². The van der Waals surface area contributed by atoms with Crippen molar-refractivity contribution in [2.45, 2.75) is 13.1 Å². The number of aromatic nitrogens is 2. The highest BCUT2D eigenvalue weighted by molar-refractivity contribution is 5.79. The fourth-order valence-electron chi connectivity index (χ4n) is 2.83. The zero-order valence-corrected chi connectivity index (χ0v) is 16.0. The Bertz CT molecular complexity index is 855. The number of hydrogen-bond acceptors (Lipinski definition) is 3. The molecule has 0 aliphatic carbocycles. The summed E-state index contributed by atoms with van der Waals surface area (Å²) in [5.74, 6) is 1.71. The molecular formula is C21H25N5O. The Hall–Kier alpha value is -3.28. The second-order valence-corrected chi connectivity index (χ2v) is 6.22. The Balaban J connectivity index is 1.56. The Kier molecular flexibility index (Phi) is 6.10. The first-order chi connectivity index (χ1) is 13.2. The van der Waals surface area contributed by atoms with Gasteiger partial charge in [0.15, 0.2) is 5.96 Å². The Labute approximate surface area is 160 Å². The summed E-state index contributed by atoms with van der Waals surface area (Å²) >= 11 is 0. The van der Waals surface area contributed by atoms with Gasteiger partial charge in [-0.15, -0.1) is 0 Å². The number of methoxy groups -OCH3 is 1. The first kappa shape index (κ1) is 18.5. The van der Waals surface area contributed by atoms with Crippen molar-refractivity contribution in [1.29, 1.82) is 0 Å². The van der Waals surface area contributed by atoms with Crippen LogP contribution in [-0.4, -0.2) is 41.8 Å². The molecule has 140 valence electrons. The van der Waals surface area contributed by atoms with Gasteiger partial charge < -0.3 is 15.0 Å². The van der Waals surface area contributed by atoms with Gasteiger partial charge in [0.1, 0.15) is 5.75 Å². The van der Waals surface area contributed by atoms with E-state index in [4.69, 9.17) is 4.74 Å². The Morgan fingerprint density at radius 2 is 1.81 bits per heavy atom. The number of rotatable bonds is 6. The summed E-state index contributed by atoms with van der Waals surface area (Å²) in [6.45, 7) is 1.47. The summed E-state index contributed by atoms with van der Waals surface area (Å²) in [5.41, 5.74) is 3.43. The smallest absolute Gasteiger partial charge is 0.193 e. The summed E-state index contributed by atoms with van der Waals surface area (Å²) in [4.78, 5) is 6.48. The first-order valence-corrected chi connectivity index (χ1v) is 8.83. The van der Waals surface area contributed by atoms with Crippen LogP contribution in [0.25, 0.3) is 5.69 Å². The Morgan fingerprint density at radius 3 is 2.41 bits per heavy atom. The molecule has 0 fully saturated rings. The number of guanidine groups is 1. The maximum absolute atomic E-state index is 5.21. The summed E-state index contributed by atoms with van der Waals surface area (Å²) in [5, 5.41) is 7.66. The quantitative estimate of drug-likeness (QED) is 0.540. The molecule has 0 amide bonds. The molecule has 0 saturated carbocycles. The van der Waals surface area contributed by atoms with Crippen molar-refractivity contribution in [3.05, 3.63) is 78.1 Å². The molecule has 27 heavy (non-hydrogen) atoms. The highest BCUT2D eigenvalue weighted by Gasteiger charge is 2.07. The highest BCUT2D eigenvalue weighted by atomic mass is 16.5. The van der Waals surface area contributed by atoms with E-state index in [0.29, 0.717) is 6.54 Å². The first-order valence-electron chi connectivity index (χ1n) is 8.83. The van der Waals surface area contributed by atoms with Crippen LogP contribution in [-0.2, 0) is 13.1 Å². The molecule has 0 radical (unpaired) electrons. The van der Waals surface area contributed by atoms with Crippen LogP contribution in [0.4, 0.5) is 0 Å². The predicted molar refractivity (Wildman–Crippen MR) is 108 cm³/mol. The van der Waals surface area contributed by atoms with E-state index in [0.717, 1.165) is 23.9 Å². The van der Waals surface area contributed by atoms with Crippen molar-refractivity contribution in [2.24, 2.45) is 4.99 Å². The molecule has 0 spiro atoms. The SMILES string of the molecule is CN=C(NCc1ccc(-n2cccn2)cc1)N(C)Cc1ccc(OC)cc1. The van der Waals surface area contributed by atoms with E-state index in [2.05, 4.69) is 56.7 Å². The lowest BCUT2D eigenvalue weighted by atomic mass is 10.2. The summed E-state index contributed by atoms with van der Waals surface area (Å²) < 4.78 is 7.05. The molecule has 2 aromatic carbocycles. The topological polar surface area (TPSA) is 54.7 Å². The second-order valence-electron chi connectivity index (χ2n) is 6.22. The minimum absolute atomic E-state index is 0.707. The van der Waals surface area contributed by atoms with Gasteiger partial charge in [-0.25, -0.2) is 4.68 Å². The molecule has 3 aromatic rings. The monoisotopic (exact) mass is 363 g/mol. The van der Waals surface area contributed by atoms with Gasteiger partial charge in [0.05, 0.1) is 12.8 Å². The van der Waals surface area contributed by atoms with Gasteiger partial charge in [0, 0.05) is 39.6 Å². The van der Waals surface area contributed by atoms with Gasteiger partial charge in [-0.2, -0.15) is 5.10 Å². The molecule has 1 aromatic heterocycles. The fraction of sp³-hybridized carbons (Fsp3) is 0.238.